The van der Waals surface area contributed by atoms with Gasteiger partial charge in [-0.3, -0.25) is 0 Å². The Morgan fingerprint density at radius 2 is 1.90 bits per heavy atom. The van der Waals surface area contributed by atoms with Gasteiger partial charge in [-0.25, -0.2) is 12.7 Å². The van der Waals surface area contributed by atoms with Crippen LogP contribution < -0.4 is 0 Å². The van der Waals surface area contributed by atoms with Gasteiger partial charge >= 0.3 is 0 Å². The smallest absolute Gasteiger partial charge is 0.242 e. The molecular formula is C23H29N3O2S2. The molecule has 4 rings (SSSR count). The third-order valence-electron chi connectivity index (χ3n) is 3.94. The van der Waals surface area contributed by atoms with E-state index < -0.39 is 148 Å². The van der Waals surface area contributed by atoms with Gasteiger partial charge in [0.2, 0.25) is 10.0 Å². The normalized spacial score (nSPS) is 38.8. The summed E-state index contributed by atoms with van der Waals surface area (Å²) in [5.74, 6) is 0. The Labute approximate surface area is 218 Å². The van der Waals surface area contributed by atoms with Crippen LogP contribution in [0.1, 0.15) is 50.4 Å². The lowest BCUT2D eigenvalue weighted by molar-refractivity contribution is 0.156. The van der Waals surface area contributed by atoms with Crippen molar-refractivity contribution in [2.75, 3.05) is 53.5 Å². The van der Waals surface area contributed by atoms with Crippen LogP contribution in [0.25, 0.3) is 5.57 Å². The molecule has 0 spiro atoms. The maximum atomic E-state index is 13.8. The van der Waals surface area contributed by atoms with Crippen molar-refractivity contribution in [3.05, 3.63) is 59.5 Å². The van der Waals surface area contributed by atoms with Crippen LogP contribution in [0.4, 0.5) is 0 Å². The Hall–Kier alpha value is -1.64. The molecule has 160 valence electrons. The number of hydrogen-bond acceptors (Lipinski definition) is 5. The molecule has 30 heavy (non-hydrogen) atoms. The second-order valence-electron chi connectivity index (χ2n) is 5.82. The SMILES string of the molecule is [2H]c1c([2H])c([2H])c2c(c1[2H])Sc1c([2H])c([2H])c(S(=O)(=O)N(C([2H])([2H])[2H])C([2H])([2H])[2H])c([2H])c1/C2=C\CCN1C([2H])([2H])C([2H])([2H])N(C([2H])([2H])[2H])C([2H])([2H])C1([2H])[2H]. The molecule has 0 unspecified atom stereocenters. The number of piperazine rings is 1. The van der Waals surface area contributed by atoms with Gasteiger partial charge in [-0.2, -0.15) is 0 Å². The number of fused-ring (bicyclic) bond motifs is 2. The number of sulfonamides is 1. The lowest BCUT2D eigenvalue weighted by Crippen LogP contribution is -2.44. The molecule has 2 aromatic carbocycles. The molecule has 2 heterocycles. The molecule has 5 nitrogen and oxygen atoms in total. The summed E-state index contributed by atoms with van der Waals surface area (Å²) in [5, 5.41) is 0. The fourth-order valence-corrected chi connectivity index (χ4v) is 4.12. The fourth-order valence-electron chi connectivity index (χ4n) is 2.59. The molecule has 0 amide bonds. The molecule has 2 aromatic rings. The number of hydrogen-bond donors (Lipinski definition) is 0. The van der Waals surface area contributed by atoms with Crippen LogP contribution >= 0.6 is 11.8 Å². The number of benzene rings is 2. The summed E-state index contributed by atoms with van der Waals surface area (Å²) in [6, 6.07) is -6.82. The molecule has 2 aliphatic rings. The molecule has 0 radical (unpaired) electrons. The van der Waals surface area contributed by atoms with Crippen molar-refractivity contribution < 1.29 is 41.3 Å². The van der Waals surface area contributed by atoms with Gasteiger partial charge in [-0.1, -0.05) is 36.0 Å². The van der Waals surface area contributed by atoms with Crippen LogP contribution in [0.5, 0.6) is 0 Å². The predicted octanol–water partition coefficient (Wildman–Crippen LogP) is 3.47. The average Bonchev–Trinajstić information content (AvgIpc) is 2.95. The lowest BCUT2D eigenvalue weighted by atomic mass is 9.96. The molecule has 0 aliphatic carbocycles. The summed E-state index contributed by atoms with van der Waals surface area (Å²) < 4.78 is 222. The van der Waals surface area contributed by atoms with Crippen molar-refractivity contribution in [2.24, 2.45) is 0 Å². The first-order valence-corrected chi connectivity index (χ1v) is 10.5. The predicted molar refractivity (Wildman–Crippen MR) is 124 cm³/mol. The van der Waals surface area contributed by atoms with Gasteiger partial charge < -0.3 is 9.80 Å². The molecular weight excluding hydrogens is 414 g/mol. The first-order chi connectivity index (χ1) is 23.9. The molecule has 0 saturated carbocycles. The summed E-state index contributed by atoms with van der Waals surface area (Å²) in [5.41, 5.74) is -1.67. The number of nitrogens with zero attached hydrogens (tertiary/aromatic N) is 3. The molecule has 2 aliphatic heterocycles. The third kappa shape index (κ3) is 4.36. The van der Waals surface area contributed by atoms with E-state index in [0.29, 0.717) is 11.8 Å². The summed E-state index contributed by atoms with van der Waals surface area (Å²) >= 11 is 0.409. The summed E-state index contributed by atoms with van der Waals surface area (Å²) in [6.07, 6.45) is 0.197. The quantitative estimate of drug-likeness (QED) is 0.575. The number of likely N-dealkylation sites (N-methyl/N-ethyl adjacent to an activating group) is 1. The molecule has 0 aromatic heterocycles. The maximum absolute atomic E-state index is 13.8. The van der Waals surface area contributed by atoms with E-state index in [1.165, 1.54) is 0 Å². The largest absolute Gasteiger partial charge is 0.304 e. The summed E-state index contributed by atoms with van der Waals surface area (Å²) in [7, 11) is -5.89. The minimum absolute atomic E-state index is 0.0455. The second-order valence-corrected chi connectivity index (χ2v) is 8.57. The van der Waals surface area contributed by atoms with Crippen molar-refractivity contribution >= 4 is 27.4 Å². The van der Waals surface area contributed by atoms with Gasteiger partial charge in [0.1, 0.15) is 0 Å². The van der Waals surface area contributed by atoms with Crippen LogP contribution in [0.3, 0.4) is 0 Å². The Kier molecular flexibility index (Phi) is 2.04. The maximum Gasteiger partial charge on any atom is 0.242 e. The molecule has 0 atom stereocenters. The van der Waals surface area contributed by atoms with Crippen molar-refractivity contribution in [3.8, 4) is 0 Å². The van der Waals surface area contributed by atoms with Crippen LogP contribution in [0.2, 0.25) is 0 Å². The van der Waals surface area contributed by atoms with Crippen molar-refractivity contribution in [2.45, 2.75) is 21.1 Å². The van der Waals surface area contributed by atoms with Gasteiger partial charge in [-0.05, 0) is 54.3 Å². The van der Waals surface area contributed by atoms with Crippen molar-refractivity contribution in [3.63, 3.8) is 0 Å². The van der Waals surface area contributed by atoms with Gasteiger partial charge in [0.15, 0.2) is 0 Å². The zero-order valence-electron chi connectivity index (χ0n) is 39.0. The zero-order valence-corrected chi connectivity index (χ0v) is 16.6. The highest BCUT2D eigenvalue weighted by molar-refractivity contribution is 7.99. The van der Waals surface area contributed by atoms with Crippen LogP contribution in [0, 0.1) is 0 Å². The Morgan fingerprint density at radius 1 is 1.13 bits per heavy atom. The van der Waals surface area contributed by atoms with Gasteiger partial charge in [0, 0.05) is 79.6 Å². The van der Waals surface area contributed by atoms with E-state index in [1.807, 2.05) is 0 Å². The van der Waals surface area contributed by atoms with E-state index in [2.05, 4.69) is 0 Å². The molecule has 0 bridgehead atoms. The minimum atomic E-state index is -5.89. The van der Waals surface area contributed by atoms with Gasteiger partial charge in [-0.15, -0.1) is 0 Å². The topological polar surface area (TPSA) is 43.9 Å². The standard InChI is InChI=1S/C23H29N3O2S2/c1-24(2)30(27,28)18-10-11-23-21(17-18)19(20-7-4-5-9-22(20)29-23)8-6-12-26-15-13-25(3)14-16-26/h4-5,7-11,17H,6,12-16H2,1-3H3/b19-8-/i1D3,2D3,3D3,4D,5D,7D,9D,10D,11D,13D2,14D2,15D2,16D2,17D. The highest BCUT2D eigenvalue weighted by Gasteiger charge is 2.25. The van der Waals surface area contributed by atoms with Gasteiger partial charge in [0.25, 0.3) is 0 Å². The van der Waals surface area contributed by atoms with E-state index in [0.717, 1.165) is 6.08 Å². The monoisotopic (exact) mass is 467 g/mol. The Balaban J connectivity index is 2.05. The highest BCUT2D eigenvalue weighted by Crippen LogP contribution is 2.46. The van der Waals surface area contributed by atoms with Crippen LogP contribution in [-0.4, -0.2) is 76.0 Å². The van der Waals surface area contributed by atoms with E-state index in [9.17, 15) is 8.42 Å². The summed E-state index contributed by atoms with van der Waals surface area (Å²) in [6.45, 7) is -27.2. The fraction of sp³-hybridized carbons (Fsp3) is 0.391. The molecule has 1 saturated heterocycles. The van der Waals surface area contributed by atoms with E-state index in [1.54, 1.807) is 0 Å². The second kappa shape index (κ2) is 8.85. The first kappa shape index (κ1) is 6.93. The lowest BCUT2D eigenvalue weighted by Gasteiger charge is -2.32. The number of rotatable bonds is 5. The van der Waals surface area contributed by atoms with Crippen LogP contribution in [-0.2, 0) is 10.0 Å². The zero-order chi connectivity index (χ0) is 42.1. The molecule has 1 fully saturated rings. The first-order valence-electron chi connectivity index (χ1n) is 20.2. The molecule has 7 heteroatoms. The van der Waals surface area contributed by atoms with Gasteiger partial charge in [0.05, 0.1) is 14.5 Å². The minimum Gasteiger partial charge on any atom is -0.304 e. The summed E-state index contributed by atoms with van der Waals surface area (Å²) in [4.78, 5) is -2.88. The van der Waals surface area contributed by atoms with E-state index >= 15 is 0 Å². The van der Waals surface area contributed by atoms with E-state index in [-0.39, 0.29) is 9.80 Å². The van der Waals surface area contributed by atoms with Crippen LogP contribution in [0.15, 0.2) is 63.1 Å². The molecule has 0 N–H and O–H groups in total. The van der Waals surface area contributed by atoms with Crippen molar-refractivity contribution in [1.82, 2.24) is 14.1 Å². The average molecular weight is 468 g/mol. The van der Waals surface area contributed by atoms with Crippen molar-refractivity contribution in [1.29, 1.82) is 0 Å². The van der Waals surface area contributed by atoms with E-state index in [4.69, 9.17) is 32.9 Å². The third-order valence-corrected chi connectivity index (χ3v) is 6.17. The highest BCUT2D eigenvalue weighted by atomic mass is 32.2. The Bertz CT molecular complexity index is 2000. The Morgan fingerprint density at radius 3 is 2.67 bits per heavy atom.